The van der Waals surface area contributed by atoms with Crippen molar-refractivity contribution in [2.75, 3.05) is 5.32 Å². The van der Waals surface area contributed by atoms with Crippen LogP contribution in [0.1, 0.15) is 25.7 Å². The molecule has 1 fully saturated rings. The van der Waals surface area contributed by atoms with Gasteiger partial charge in [0.1, 0.15) is 5.82 Å². The Labute approximate surface area is 128 Å². The predicted octanol–water partition coefficient (Wildman–Crippen LogP) is 3.06. The molecule has 1 aromatic carbocycles. The van der Waals surface area contributed by atoms with Gasteiger partial charge in [-0.2, -0.15) is 0 Å². The van der Waals surface area contributed by atoms with Crippen LogP contribution in [-0.2, 0) is 9.59 Å². The summed E-state index contributed by atoms with van der Waals surface area (Å²) in [7, 11) is 0. The first-order chi connectivity index (χ1) is 10.6. The number of amides is 1. The highest BCUT2D eigenvalue weighted by atomic mass is 16.4. The van der Waals surface area contributed by atoms with Gasteiger partial charge < -0.3 is 10.4 Å². The standard InChI is InChI=1S/C17H18N2O3/c20-16(12-5-3-6-13(10-12)17(21)22)19-15-9-8-11-4-1-2-7-14(11)18-15/h1-2,4,7-9,12-13H,3,5-6,10H2,(H,21,22)(H,18,19,20). The monoisotopic (exact) mass is 298 g/mol. The largest absolute Gasteiger partial charge is 0.481 e. The van der Waals surface area contributed by atoms with E-state index in [1.807, 2.05) is 30.3 Å². The van der Waals surface area contributed by atoms with Crippen molar-refractivity contribution in [3.05, 3.63) is 36.4 Å². The summed E-state index contributed by atoms with van der Waals surface area (Å²) in [6, 6.07) is 11.4. The van der Waals surface area contributed by atoms with Crippen molar-refractivity contribution < 1.29 is 14.7 Å². The highest BCUT2D eigenvalue weighted by Gasteiger charge is 2.31. The first kappa shape index (κ1) is 14.5. The summed E-state index contributed by atoms with van der Waals surface area (Å²) >= 11 is 0. The fraction of sp³-hybridized carbons (Fsp3) is 0.353. The number of pyridine rings is 1. The number of hydrogen-bond donors (Lipinski definition) is 2. The number of benzene rings is 1. The molecule has 22 heavy (non-hydrogen) atoms. The van der Waals surface area contributed by atoms with Crippen LogP contribution in [0.15, 0.2) is 36.4 Å². The molecule has 1 saturated carbocycles. The minimum atomic E-state index is -0.804. The van der Waals surface area contributed by atoms with Gasteiger partial charge in [0.2, 0.25) is 5.91 Å². The summed E-state index contributed by atoms with van der Waals surface area (Å²) in [5.74, 6) is -1.08. The number of carboxylic acids is 1. The number of hydrogen-bond acceptors (Lipinski definition) is 3. The Morgan fingerprint density at radius 2 is 1.86 bits per heavy atom. The lowest BCUT2D eigenvalue weighted by atomic mass is 9.81. The molecule has 2 unspecified atom stereocenters. The zero-order valence-corrected chi connectivity index (χ0v) is 12.2. The molecule has 114 valence electrons. The molecule has 0 aliphatic heterocycles. The second kappa shape index (κ2) is 6.13. The molecular formula is C17H18N2O3. The highest BCUT2D eigenvalue weighted by Crippen LogP contribution is 2.30. The number of aromatic nitrogens is 1. The second-order valence-corrected chi connectivity index (χ2v) is 5.78. The zero-order chi connectivity index (χ0) is 15.5. The number of aliphatic carboxylic acids is 1. The van der Waals surface area contributed by atoms with Gasteiger partial charge in [-0.15, -0.1) is 0 Å². The number of nitrogens with one attached hydrogen (secondary N) is 1. The Bertz CT molecular complexity index is 714. The zero-order valence-electron chi connectivity index (χ0n) is 12.2. The maximum Gasteiger partial charge on any atom is 0.306 e. The number of anilines is 1. The van der Waals surface area contributed by atoms with Crippen LogP contribution < -0.4 is 5.32 Å². The normalized spacial score (nSPS) is 21.5. The topological polar surface area (TPSA) is 79.3 Å². The third kappa shape index (κ3) is 3.08. The van der Waals surface area contributed by atoms with Gasteiger partial charge in [0, 0.05) is 11.3 Å². The van der Waals surface area contributed by atoms with E-state index in [0.29, 0.717) is 18.7 Å². The van der Waals surface area contributed by atoms with Crippen LogP contribution in [0.2, 0.25) is 0 Å². The Morgan fingerprint density at radius 1 is 1.09 bits per heavy atom. The fourth-order valence-corrected chi connectivity index (χ4v) is 3.02. The van der Waals surface area contributed by atoms with E-state index >= 15 is 0 Å². The van der Waals surface area contributed by atoms with E-state index in [-0.39, 0.29) is 11.8 Å². The van der Waals surface area contributed by atoms with Crippen molar-refractivity contribution in [3.8, 4) is 0 Å². The van der Waals surface area contributed by atoms with Gasteiger partial charge in [-0.05, 0) is 37.5 Å². The van der Waals surface area contributed by atoms with E-state index in [1.54, 1.807) is 6.07 Å². The molecule has 0 spiro atoms. The van der Waals surface area contributed by atoms with Gasteiger partial charge in [0.25, 0.3) is 0 Å². The van der Waals surface area contributed by atoms with Crippen molar-refractivity contribution in [1.29, 1.82) is 0 Å². The third-order valence-corrected chi connectivity index (χ3v) is 4.24. The summed E-state index contributed by atoms with van der Waals surface area (Å²) in [6.07, 6.45) is 2.59. The van der Waals surface area contributed by atoms with Crippen molar-refractivity contribution in [1.82, 2.24) is 4.98 Å². The summed E-state index contributed by atoms with van der Waals surface area (Å²) in [5, 5.41) is 12.9. The molecule has 1 aliphatic rings. The molecule has 2 aromatic rings. The van der Waals surface area contributed by atoms with E-state index in [1.165, 1.54) is 0 Å². The molecule has 0 radical (unpaired) electrons. The molecular weight excluding hydrogens is 280 g/mol. The average Bonchev–Trinajstić information content (AvgIpc) is 2.55. The van der Waals surface area contributed by atoms with Crippen molar-refractivity contribution in [3.63, 3.8) is 0 Å². The molecule has 0 saturated heterocycles. The number of fused-ring (bicyclic) bond motifs is 1. The lowest BCUT2D eigenvalue weighted by Crippen LogP contribution is -2.31. The Morgan fingerprint density at radius 3 is 2.68 bits per heavy atom. The molecule has 3 rings (SSSR count). The third-order valence-electron chi connectivity index (χ3n) is 4.24. The number of rotatable bonds is 3. The van der Waals surface area contributed by atoms with Gasteiger partial charge in [-0.3, -0.25) is 9.59 Å². The number of carbonyl (C=O) groups excluding carboxylic acids is 1. The highest BCUT2D eigenvalue weighted by molar-refractivity contribution is 5.93. The first-order valence-electron chi connectivity index (χ1n) is 7.53. The Balaban J connectivity index is 1.71. The number of carbonyl (C=O) groups is 2. The molecule has 1 heterocycles. The maximum atomic E-state index is 12.3. The lowest BCUT2D eigenvalue weighted by Gasteiger charge is -2.25. The van der Waals surface area contributed by atoms with Crippen LogP contribution in [0.4, 0.5) is 5.82 Å². The predicted molar refractivity (Wildman–Crippen MR) is 83.5 cm³/mol. The van der Waals surface area contributed by atoms with Crippen molar-refractivity contribution >= 4 is 28.6 Å². The maximum absolute atomic E-state index is 12.3. The van der Waals surface area contributed by atoms with Gasteiger partial charge >= 0.3 is 5.97 Å². The minimum absolute atomic E-state index is 0.131. The quantitative estimate of drug-likeness (QED) is 0.912. The molecule has 1 aliphatic carbocycles. The van der Waals surface area contributed by atoms with E-state index in [4.69, 9.17) is 5.11 Å². The van der Waals surface area contributed by atoms with Crippen molar-refractivity contribution in [2.45, 2.75) is 25.7 Å². The molecule has 5 heteroatoms. The molecule has 1 amide bonds. The smallest absolute Gasteiger partial charge is 0.306 e. The van der Waals surface area contributed by atoms with Gasteiger partial charge in [-0.25, -0.2) is 4.98 Å². The van der Waals surface area contributed by atoms with Crippen LogP contribution >= 0.6 is 0 Å². The SMILES string of the molecule is O=C(O)C1CCCC(C(=O)Nc2ccc3ccccc3n2)C1. The first-order valence-corrected chi connectivity index (χ1v) is 7.53. The summed E-state index contributed by atoms with van der Waals surface area (Å²) in [6.45, 7) is 0. The van der Waals surface area contributed by atoms with Crippen LogP contribution in [-0.4, -0.2) is 22.0 Å². The summed E-state index contributed by atoms with van der Waals surface area (Å²) in [5.41, 5.74) is 0.826. The number of para-hydroxylation sites is 1. The lowest BCUT2D eigenvalue weighted by molar-refractivity contribution is -0.143. The minimum Gasteiger partial charge on any atom is -0.481 e. The molecule has 5 nitrogen and oxygen atoms in total. The van der Waals surface area contributed by atoms with Gasteiger partial charge in [0.05, 0.1) is 11.4 Å². The summed E-state index contributed by atoms with van der Waals surface area (Å²) < 4.78 is 0. The second-order valence-electron chi connectivity index (χ2n) is 5.78. The van der Waals surface area contributed by atoms with E-state index < -0.39 is 11.9 Å². The van der Waals surface area contributed by atoms with E-state index in [2.05, 4.69) is 10.3 Å². The molecule has 0 bridgehead atoms. The number of carboxylic acid groups (broad SMARTS) is 1. The fourth-order valence-electron chi connectivity index (χ4n) is 3.02. The van der Waals surface area contributed by atoms with Gasteiger partial charge in [-0.1, -0.05) is 24.6 Å². The number of nitrogens with zero attached hydrogens (tertiary/aromatic N) is 1. The summed E-state index contributed by atoms with van der Waals surface area (Å²) in [4.78, 5) is 27.8. The van der Waals surface area contributed by atoms with Crippen LogP contribution in [0, 0.1) is 11.8 Å². The Kier molecular flexibility index (Phi) is 4.04. The van der Waals surface area contributed by atoms with Crippen molar-refractivity contribution in [2.24, 2.45) is 11.8 Å². The van der Waals surface area contributed by atoms with E-state index in [0.717, 1.165) is 23.7 Å². The van der Waals surface area contributed by atoms with Gasteiger partial charge in [0.15, 0.2) is 0 Å². The Hall–Kier alpha value is -2.43. The molecule has 2 atom stereocenters. The van der Waals surface area contributed by atoms with Crippen LogP contribution in [0.5, 0.6) is 0 Å². The van der Waals surface area contributed by atoms with Crippen LogP contribution in [0.25, 0.3) is 10.9 Å². The molecule has 2 N–H and O–H groups in total. The van der Waals surface area contributed by atoms with E-state index in [9.17, 15) is 9.59 Å². The average molecular weight is 298 g/mol. The van der Waals surface area contributed by atoms with Crippen LogP contribution in [0.3, 0.4) is 0 Å². The molecule has 1 aromatic heterocycles.